The van der Waals surface area contributed by atoms with E-state index in [-0.39, 0.29) is 12.6 Å². The summed E-state index contributed by atoms with van der Waals surface area (Å²) >= 11 is 0. The van der Waals surface area contributed by atoms with Gasteiger partial charge in [0.25, 0.3) is 0 Å². The van der Waals surface area contributed by atoms with Crippen LogP contribution in [0.4, 0.5) is 0 Å². The van der Waals surface area contributed by atoms with E-state index in [4.69, 9.17) is 18.9 Å². The van der Waals surface area contributed by atoms with Crippen molar-refractivity contribution < 1.29 is 18.9 Å². The number of benzene rings is 1. The highest BCUT2D eigenvalue weighted by Crippen LogP contribution is 2.11. The van der Waals surface area contributed by atoms with Gasteiger partial charge in [-0.05, 0) is 38.5 Å². The molecule has 4 nitrogen and oxygen atoms in total. The third-order valence-corrected chi connectivity index (χ3v) is 8.67. The fourth-order valence-corrected chi connectivity index (χ4v) is 5.72. The lowest BCUT2D eigenvalue weighted by Gasteiger charge is -2.18. The number of hydrogen-bond acceptors (Lipinski definition) is 4. The molecule has 0 spiro atoms. The lowest BCUT2D eigenvalue weighted by molar-refractivity contribution is -0.147. The zero-order valence-electron chi connectivity index (χ0n) is 23.8. The van der Waals surface area contributed by atoms with Crippen molar-refractivity contribution in [1.29, 1.82) is 0 Å². The highest BCUT2D eigenvalue weighted by Gasteiger charge is 2.11. The van der Waals surface area contributed by atoms with Crippen molar-refractivity contribution in [1.82, 2.24) is 0 Å². The standard InChI is InChI=1S/C30H54O4Si2/c1-5-9-21-31-29(32-22-10-6-2)15-13-25-35-27-17-19-28(20-18-27)36-26-14-16-30(33-23-11-7-3)34-24-12-8-4/h17-20,29-30H,5-16,21-26H2,1-4H3. The van der Waals surface area contributed by atoms with Crippen molar-refractivity contribution in [2.45, 2.75) is 129 Å². The van der Waals surface area contributed by atoms with Gasteiger partial charge in [-0.3, -0.25) is 0 Å². The zero-order chi connectivity index (χ0) is 26.1. The van der Waals surface area contributed by atoms with Gasteiger partial charge in [0.2, 0.25) is 0 Å². The van der Waals surface area contributed by atoms with Gasteiger partial charge in [0.1, 0.15) is 0 Å². The number of ether oxygens (including phenoxy) is 4. The molecule has 4 radical (unpaired) electrons. The number of hydrogen-bond donors (Lipinski definition) is 0. The molecule has 0 saturated carbocycles. The molecule has 1 aromatic carbocycles. The third-order valence-electron chi connectivity index (χ3n) is 5.98. The molecule has 0 aliphatic heterocycles. The van der Waals surface area contributed by atoms with Crippen LogP contribution in [0, 0.1) is 0 Å². The Kier molecular flexibility index (Phi) is 23.1. The maximum atomic E-state index is 5.97. The predicted molar refractivity (Wildman–Crippen MR) is 156 cm³/mol. The van der Waals surface area contributed by atoms with Crippen LogP contribution in [-0.2, 0) is 18.9 Å². The Morgan fingerprint density at radius 2 is 0.806 bits per heavy atom. The van der Waals surface area contributed by atoms with Crippen LogP contribution < -0.4 is 10.4 Å². The summed E-state index contributed by atoms with van der Waals surface area (Å²) in [5.74, 6) is 0. The molecule has 0 N–H and O–H groups in total. The molecule has 0 aliphatic carbocycles. The van der Waals surface area contributed by atoms with Crippen molar-refractivity contribution in [3.63, 3.8) is 0 Å². The van der Waals surface area contributed by atoms with Crippen LogP contribution in [0.15, 0.2) is 24.3 Å². The van der Waals surface area contributed by atoms with E-state index in [9.17, 15) is 0 Å². The molecule has 1 rings (SSSR count). The summed E-state index contributed by atoms with van der Waals surface area (Å²) in [6.45, 7) is 12.1. The van der Waals surface area contributed by atoms with Gasteiger partial charge in [0, 0.05) is 26.4 Å². The highest BCUT2D eigenvalue weighted by molar-refractivity contribution is 6.55. The monoisotopic (exact) mass is 534 g/mol. The van der Waals surface area contributed by atoms with Gasteiger partial charge in [-0.1, -0.05) is 113 Å². The minimum Gasteiger partial charge on any atom is -0.353 e. The third kappa shape index (κ3) is 18.7. The molecular formula is C30H54O4Si2. The summed E-state index contributed by atoms with van der Waals surface area (Å²) in [6, 6.07) is 11.8. The van der Waals surface area contributed by atoms with Crippen molar-refractivity contribution in [2.24, 2.45) is 0 Å². The summed E-state index contributed by atoms with van der Waals surface area (Å²) in [7, 11) is 1.72. The van der Waals surface area contributed by atoms with E-state index in [0.717, 1.165) is 96.8 Å². The lowest BCUT2D eigenvalue weighted by Crippen LogP contribution is -2.22. The summed E-state index contributed by atoms with van der Waals surface area (Å²) in [5.41, 5.74) is 0. The van der Waals surface area contributed by atoms with Crippen LogP contribution in [0.2, 0.25) is 12.1 Å². The first-order valence-electron chi connectivity index (χ1n) is 14.8. The van der Waals surface area contributed by atoms with Crippen molar-refractivity contribution in [3.05, 3.63) is 24.3 Å². The van der Waals surface area contributed by atoms with E-state index < -0.39 is 0 Å². The minimum absolute atomic E-state index is 0.0230. The maximum Gasteiger partial charge on any atom is 0.157 e. The fourth-order valence-electron chi connectivity index (χ4n) is 3.57. The molecule has 0 heterocycles. The predicted octanol–water partition coefficient (Wildman–Crippen LogP) is 6.66. The van der Waals surface area contributed by atoms with Crippen LogP contribution in [0.3, 0.4) is 0 Å². The van der Waals surface area contributed by atoms with E-state index in [1.807, 2.05) is 0 Å². The van der Waals surface area contributed by atoms with Gasteiger partial charge in [-0.25, -0.2) is 0 Å². The highest BCUT2D eigenvalue weighted by atomic mass is 28.2. The second-order valence-corrected chi connectivity index (χ2v) is 12.3. The molecule has 0 bridgehead atoms. The van der Waals surface area contributed by atoms with E-state index >= 15 is 0 Å². The quantitative estimate of drug-likeness (QED) is 0.0756. The first-order chi connectivity index (χ1) is 17.7. The number of rotatable bonds is 26. The molecule has 0 amide bonds. The Balaban J connectivity index is 2.26. The van der Waals surface area contributed by atoms with E-state index in [2.05, 4.69) is 52.0 Å². The molecule has 0 aliphatic rings. The molecule has 1 aromatic rings. The topological polar surface area (TPSA) is 36.9 Å². The summed E-state index contributed by atoms with van der Waals surface area (Å²) in [6.07, 6.45) is 13.4. The average Bonchev–Trinajstić information content (AvgIpc) is 2.89. The van der Waals surface area contributed by atoms with Gasteiger partial charge >= 0.3 is 0 Å². The van der Waals surface area contributed by atoms with Crippen LogP contribution in [0.1, 0.15) is 105 Å². The van der Waals surface area contributed by atoms with Crippen LogP contribution in [-0.4, -0.2) is 58.0 Å². The van der Waals surface area contributed by atoms with Crippen molar-refractivity contribution in [3.8, 4) is 0 Å². The van der Waals surface area contributed by atoms with Gasteiger partial charge in [0.15, 0.2) is 12.6 Å². The van der Waals surface area contributed by atoms with Gasteiger partial charge < -0.3 is 18.9 Å². The fraction of sp³-hybridized carbons (Fsp3) is 0.800. The normalized spacial score (nSPS) is 11.7. The van der Waals surface area contributed by atoms with Gasteiger partial charge in [0.05, 0.1) is 19.0 Å². The Morgan fingerprint density at radius 3 is 1.08 bits per heavy atom. The summed E-state index contributed by atoms with van der Waals surface area (Å²) in [4.78, 5) is 0. The number of unbranched alkanes of at least 4 members (excludes halogenated alkanes) is 4. The molecule has 0 fully saturated rings. The zero-order valence-corrected chi connectivity index (χ0v) is 25.8. The second-order valence-electron chi connectivity index (χ2n) is 9.47. The van der Waals surface area contributed by atoms with E-state index in [0.29, 0.717) is 0 Å². The Labute approximate surface area is 228 Å². The molecule has 6 heteroatoms. The molecule has 0 unspecified atom stereocenters. The maximum absolute atomic E-state index is 5.97. The average molecular weight is 535 g/mol. The lowest BCUT2D eigenvalue weighted by atomic mass is 10.3. The molecule has 36 heavy (non-hydrogen) atoms. The largest absolute Gasteiger partial charge is 0.353 e. The van der Waals surface area contributed by atoms with Crippen LogP contribution in [0.25, 0.3) is 0 Å². The molecule has 0 atom stereocenters. The minimum atomic E-state index is -0.0230. The SMILES string of the molecule is CCCCOC(CCC[Si]c1ccc([Si]CCCC(OCCCC)OCCCC)cc1)OCCCC. The molecule has 206 valence electrons. The Hall–Kier alpha value is -0.506. The van der Waals surface area contributed by atoms with Crippen LogP contribution in [0.5, 0.6) is 0 Å². The van der Waals surface area contributed by atoms with E-state index in [1.54, 1.807) is 0 Å². The molecular weight excluding hydrogens is 480 g/mol. The smallest absolute Gasteiger partial charge is 0.157 e. The second kappa shape index (κ2) is 24.8. The Morgan fingerprint density at radius 1 is 0.500 bits per heavy atom. The Bertz CT molecular complexity index is 514. The summed E-state index contributed by atoms with van der Waals surface area (Å²) in [5, 5.41) is 2.93. The van der Waals surface area contributed by atoms with Crippen molar-refractivity contribution >= 4 is 29.4 Å². The van der Waals surface area contributed by atoms with E-state index in [1.165, 1.54) is 48.1 Å². The van der Waals surface area contributed by atoms with Gasteiger partial charge in [-0.2, -0.15) is 0 Å². The molecule has 0 aromatic heterocycles. The first-order valence-corrected chi connectivity index (χ1v) is 17.2. The summed E-state index contributed by atoms with van der Waals surface area (Å²) < 4.78 is 23.9. The first kappa shape index (κ1) is 33.5. The molecule has 0 saturated heterocycles. The van der Waals surface area contributed by atoms with Crippen LogP contribution >= 0.6 is 0 Å². The van der Waals surface area contributed by atoms with Gasteiger partial charge in [-0.15, -0.1) is 0 Å². The van der Waals surface area contributed by atoms with Crippen molar-refractivity contribution in [2.75, 3.05) is 26.4 Å².